The third kappa shape index (κ3) is 2.78. The SMILES string of the molecule is CC(C)(C)C(=O)Nc1ccncc1C#N. The molecule has 4 heteroatoms. The van der Waals surface area contributed by atoms with Crippen LogP contribution in [0.25, 0.3) is 0 Å². The fourth-order valence-electron chi connectivity index (χ4n) is 0.902. The van der Waals surface area contributed by atoms with Crippen molar-refractivity contribution in [2.75, 3.05) is 5.32 Å². The van der Waals surface area contributed by atoms with Gasteiger partial charge in [-0.15, -0.1) is 0 Å². The summed E-state index contributed by atoms with van der Waals surface area (Å²) >= 11 is 0. The molecule has 0 fully saturated rings. The Bertz CT molecular complexity index is 413. The number of carbonyl (C=O) groups is 1. The number of hydrogen-bond acceptors (Lipinski definition) is 3. The largest absolute Gasteiger partial charge is 0.324 e. The number of nitrogens with zero attached hydrogens (tertiary/aromatic N) is 2. The van der Waals surface area contributed by atoms with Gasteiger partial charge in [-0.2, -0.15) is 5.26 Å². The van der Waals surface area contributed by atoms with Gasteiger partial charge in [0.05, 0.1) is 11.3 Å². The van der Waals surface area contributed by atoms with E-state index in [2.05, 4.69) is 10.3 Å². The second kappa shape index (κ2) is 4.09. The number of hydrogen-bond donors (Lipinski definition) is 1. The third-order valence-electron chi connectivity index (χ3n) is 1.87. The zero-order valence-electron chi connectivity index (χ0n) is 9.03. The van der Waals surface area contributed by atoms with E-state index >= 15 is 0 Å². The van der Waals surface area contributed by atoms with Crippen LogP contribution >= 0.6 is 0 Å². The van der Waals surface area contributed by atoms with E-state index in [-0.39, 0.29) is 5.91 Å². The number of pyridine rings is 1. The van der Waals surface area contributed by atoms with Gasteiger partial charge in [0.2, 0.25) is 5.91 Å². The van der Waals surface area contributed by atoms with Crippen LogP contribution in [0.15, 0.2) is 18.5 Å². The van der Waals surface area contributed by atoms with Gasteiger partial charge in [0.15, 0.2) is 0 Å². The lowest BCUT2D eigenvalue weighted by atomic mass is 9.95. The molecule has 78 valence electrons. The minimum Gasteiger partial charge on any atom is -0.324 e. The molecule has 0 bridgehead atoms. The van der Waals surface area contributed by atoms with Crippen molar-refractivity contribution in [3.8, 4) is 6.07 Å². The van der Waals surface area contributed by atoms with Gasteiger partial charge in [-0.1, -0.05) is 20.8 Å². The maximum Gasteiger partial charge on any atom is 0.229 e. The molecule has 1 amide bonds. The lowest BCUT2D eigenvalue weighted by Gasteiger charge is -2.17. The van der Waals surface area contributed by atoms with E-state index in [1.165, 1.54) is 6.20 Å². The fourth-order valence-corrected chi connectivity index (χ4v) is 0.902. The Morgan fingerprint density at radius 1 is 1.53 bits per heavy atom. The molecule has 0 unspecified atom stereocenters. The first-order valence-electron chi connectivity index (χ1n) is 4.60. The van der Waals surface area contributed by atoms with Crippen LogP contribution in [-0.4, -0.2) is 10.9 Å². The molecule has 0 saturated carbocycles. The number of amides is 1. The molecular weight excluding hydrogens is 190 g/mol. The molecule has 0 aromatic carbocycles. The fraction of sp³-hybridized carbons (Fsp3) is 0.364. The van der Waals surface area contributed by atoms with Crippen LogP contribution in [-0.2, 0) is 4.79 Å². The summed E-state index contributed by atoms with van der Waals surface area (Å²) in [6.07, 6.45) is 2.97. The predicted octanol–water partition coefficient (Wildman–Crippen LogP) is 1.94. The van der Waals surface area contributed by atoms with Gasteiger partial charge < -0.3 is 5.32 Å². The molecule has 0 radical (unpaired) electrons. The zero-order chi connectivity index (χ0) is 11.5. The number of nitrogens with one attached hydrogen (secondary N) is 1. The van der Waals surface area contributed by atoms with Crippen LogP contribution in [0.1, 0.15) is 26.3 Å². The van der Waals surface area contributed by atoms with Crippen molar-refractivity contribution in [2.45, 2.75) is 20.8 Å². The van der Waals surface area contributed by atoms with Crippen LogP contribution < -0.4 is 5.32 Å². The number of carbonyl (C=O) groups excluding carboxylic acids is 1. The molecule has 1 aromatic heterocycles. The summed E-state index contributed by atoms with van der Waals surface area (Å²) in [4.78, 5) is 15.5. The van der Waals surface area contributed by atoms with Crippen LogP contribution in [0.5, 0.6) is 0 Å². The zero-order valence-corrected chi connectivity index (χ0v) is 9.03. The maximum absolute atomic E-state index is 11.7. The lowest BCUT2D eigenvalue weighted by Crippen LogP contribution is -2.27. The predicted molar refractivity (Wildman–Crippen MR) is 57.0 cm³/mol. The molecule has 0 atom stereocenters. The molecule has 1 rings (SSSR count). The van der Waals surface area contributed by atoms with E-state index in [0.717, 1.165) is 0 Å². The van der Waals surface area contributed by atoms with Gasteiger partial charge >= 0.3 is 0 Å². The highest BCUT2D eigenvalue weighted by Crippen LogP contribution is 2.18. The van der Waals surface area contributed by atoms with Crippen molar-refractivity contribution in [1.82, 2.24) is 4.98 Å². The molecule has 1 heterocycles. The minimum atomic E-state index is -0.476. The van der Waals surface area contributed by atoms with Gasteiger partial charge in [0.25, 0.3) is 0 Å². The second-order valence-corrected chi connectivity index (χ2v) is 4.24. The molecule has 15 heavy (non-hydrogen) atoms. The first-order chi connectivity index (χ1) is 6.95. The van der Waals surface area contributed by atoms with Crippen LogP contribution in [0.2, 0.25) is 0 Å². The Morgan fingerprint density at radius 3 is 2.73 bits per heavy atom. The van der Waals surface area contributed by atoms with E-state index in [4.69, 9.17) is 5.26 Å². The minimum absolute atomic E-state index is 0.120. The molecule has 1 N–H and O–H groups in total. The third-order valence-corrected chi connectivity index (χ3v) is 1.87. The van der Waals surface area contributed by atoms with E-state index in [0.29, 0.717) is 11.3 Å². The molecule has 0 aliphatic heterocycles. The van der Waals surface area contributed by atoms with Crippen LogP contribution in [0.3, 0.4) is 0 Å². The lowest BCUT2D eigenvalue weighted by molar-refractivity contribution is -0.123. The molecular formula is C11H13N3O. The summed E-state index contributed by atoms with van der Waals surface area (Å²) < 4.78 is 0. The van der Waals surface area contributed by atoms with E-state index < -0.39 is 5.41 Å². The Balaban J connectivity index is 2.92. The average Bonchev–Trinajstić information content (AvgIpc) is 2.17. The van der Waals surface area contributed by atoms with Gasteiger partial charge in [-0.25, -0.2) is 0 Å². The smallest absolute Gasteiger partial charge is 0.229 e. The van der Waals surface area contributed by atoms with Crippen molar-refractivity contribution in [1.29, 1.82) is 5.26 Å². The average molecular weight is 203 g/mol. The quantitative estimate of drug-likeness (QED) is 0.758. The summed E-state index contributed by atoms with van der Waals surface area (Å²) in [5.41, 5.74) is 0.401. The van der Waals surface area contributed by atoms with Gasteiger partial charge in [0, 0.05) is 17.8 Å². The Labute approximate surface area is 88.9 Å². The van der Waals surface area contributed by atoms with Crippen molar-refractivity contribution in [2.24, 2.45) is 5.41 Å². The van der Waals surface area contributed by atoms with Crippen LogP contribution in [0.4, 0.5) is 5.69 Å². The molecule has 1 aromatic rings. The Morgan fingerprint density at radius 2 is 2.20 bits per heavy atom. The van der Waals surface area contributed by atoms with Gasteiger partial charge in [-0.3, -0.25) is 9.78 Å². The van der Waals surface area contributed by atoms with Crippen LogP contribution in [0, 0.1) is 16.7 Å². The molecule has 0 aliphatic rings. The highest BCUT2D eigenvalue weighted by Gasteiger charge is 2.21. The van der Waals surface area contributed by atoms with Gasteiger partial charge in [0.1, 0.15) is 6.07 Å². The topological polar surface area (TPSA) is 65.8 Å². The number of anilines is 1. The summed E-state index contributed by atoms with van der Waals surface area (Å²) in [6.45, 7) is 5.45. The Hall–Kier alpha value is -1.89. The van der Waals surface area contributed by atoms with E-state index in [9.17, 15) is 4.79 Å². The molecule has 0 saturated heterocycles. The first kappa shape index (κ1) is 11.2. The monoisotopic (exact) mass is 203 g/mol. The highest BCUT2D eigenvalue weighted by molar-refractivity contribution is 5.95. The summed E-state index contributed by atoms with van der Waals surface area (Å²) in [5.74, 6) is -0.120. The van der Waals surface area contributed by atoms with Crippen molar-refractivity contribution < 1.29 is 4.79 Å². The first-order valence-corrected chi connectivity index (χ1v) is 4.60. The maximum atomic E-state index is 11.7. The molecule has 0 spiro atoms. The van der Waals surface area contributed by atoms with E-state index in [1.54, 1.807) is 12.3 Å². The van der Waals surface area contributed by atoms with Crippen molar-refractivity contribution >= 4 is 11.6 Å². The molecule has 0 aliphatic carbocycles. The summed E-state index contributed by atoms with van der Waals surface area (Å²) in [7, 11) is 0. The number of nitriles is 1. The van der Waals surface area contributed by atoms with Crippen molar-refractivity contribution in [3.05, 3.63) is 24.0 Å². The second-order valence-electron chi connectivity index (χ2n) is 4.24. The Kier molecular flexibility index (Phi) is 3.05. The van der Waals surface area contributed by atoms with Gasteiger partial charge in [-0.05, 0) is 6.07 Å². The van der Waals surface area contributed by atoms with E-state index in [1.807, 2.05) is 26.8 Å². The standard InChI is InChI=1S/C11H13N3O/c1-11(2,3)10(15)14-9-4-5-13-7-8(9)6-12/h4-5,7H,1-3H3,(H,13,14,15). The summed E-state index contributed by atoms with van der Waals surface area (Å²) in [6, 6.07) is 3.59. The normalized spacial score (nSPS) is 10.5. The number of rotatable bonds is 1. The highest BCUT2D eigenvalue weighted by atomic mass is 16.2. The van der Waals surface area contributed by atoms with Crippen molar-refractivity contribution in [3.63, 3.8) is 0 Å². The number of aromatic nitrogens is 1. The molecule has 4 nitrogen and oxygen atoms in total. The summed E-state index contributed by atoms with van der Waals surface area (Å²) in [5, 5.41) is 11.5.